The first-order valence-corrected chi connectivity index (χ1v) is 9.00. The Bertz CT molecular complexity index is 712. The third-order valence-corrected chi connectivity index (χ3v) is 4.74. The van der Waals surface area contributed by atoms with Gasteiger partial charge < -0.3 is 10.2 Å². The average molecular weight is 391 g/mol. The molecular weight excluding hydrogens is 371 g/mol. The summed E-state index contributed by atoms with van der Waals surface area (Å²) in [5.41, 5.74) is 2.38. The van der Waals surface area contributed by atoms with E-state index in [9.17, 15) is 9.18 Å². The lowest BCUT2D eigenvalue weighted by Gasteiger charge is -2.30. The fraction of sp³-hybridized carbons (Fsp3) is 0.316. The van der Waals surface area contributed by atoms with Gasteiger partial charge in [0.05, 0.1) is 17.8 Å². The van der Waals surface area contributed by atoms with Crippen LogP contribution in [0.25, 0.3) is 0 Å². The summed E-state index contributed by atoms with van der Waals surface area (Å²) in [5, 5.41) is 2.88. The van der Waals surface area contributed by atoms with Gasteiger partial charge in [0.2, 0.25) is 5.91 Å². The molecule has 126 valence electrons. The van der Waals surface area contributed by atoms with Crippen LogP contribution in [0.15, 0.2) is 46.9 Å². The van der Waals surface area contributed by atoms with E-state index in [0.29, 0.717) is 5.69 Å². The second kappa shape index (κ2) is 7.79. The van der Waals surface area contributed by atoms with E-state index in [4.69, 9.17) is 0 Å². The van der Waals surface area contributed by atoms with Crippen LogP contribution >= 0.6 is 15.9 Å². The van der Waals surface area contributed by atoms with Crippen molar-refractivity contribution in [3.05, 3.63) is 58.3 Å². The maximum Gasteiger partial charge on any atom is 0.228 e. The van der Waals surface area contributed by atoms with Crippen LogP contribution in [0.4, 0.5) is 15.8 Å². The van der Waals surface area contributed by atoms with E-state index in [1.807, 2.05) is 24.3 Å². The van der Waals surface area contributed by atoms with E-state index in [-0.39, 0.29) is 18.1 Å². The molecule has 2 aromatic rings. The van der Waals surface area contributed by atoms with Gasteiger partial charge in [-0.15, -0.1) is 0 Å². The normalized spacial score (nSPS) is 14.5. The summed E-state index contributed by atoms with van der Waals surface area (Å²) in [6.07, 6.45) is 3.75. The van der Waals surface area contributed by atoms with Crippen LogP contribution in [0.3, 0.4) is 0 Å². The number of hydrogen-bond acceptors (Lipinski definition) is 2. The summed E-state index contributed by atoms with van der Waals surface area (Å²) in [6, 6.07) is 12.2. The molecule has 1 aliphatic heterocycles. The first-order chi connectivity index (χ1) is 11.6. The molecule has 0 unspecified atom stereocenters. The van der Waals surface area contributed by atoms with Crippen molar-refractivity contribution in [2.45, 2.75) is 25.7 Å². The Morgan fingerprint density at radius 1 is 1.08 bits per heavy atom. The number of halogens is 2. The molecule has 1 aliphatic rings. The van der Waals surface area contributed by atoms with Crippen molar-refractivity contribution in [3.63, 3.8) is 0 Å². The van der Waals surface area contributed by atoms with E-state index in [1.165, 1.54) is 18.6 Å². The van der Waals surface area contributed by atoms with Gasteiger partial charge in [-0.05, 0) is 55.2 Å². The Labute approximate surface area is 150 Å². The number of hydrogen-bond donors (Lipinski definition) is 1. The predicted octanol–water partition coefficient (Wildman–Crippen LogP) is 4.76. The van der Waals surface area contributed by atoms with E-state index in [0.717, 1.165) is 41.7 Å². The molecule has 0 bridgehead atoms. The zero-order valence-corrected chi connectivity index (χ0v) is 15.0. The molecule has 1 heterocycles. The second-order valence-electron chi connectivity index (χ2n) is 6.06. The first-order valence-electron chi connectivity index (χ1n) is 8.20. The van der Waals surface area contributed by atoms with E-state index in [1.54, 1.807) is 6.07 Å². The number of nitrogens with one attached hydrogen (secondary N) is 1. The lowest BCUT2D eigenvalue weighted by molar-refractivity contribution is -0.115. The molecule has 0 radical (unpaired) electrons. The second-order valence-corrected chi connectivity index (χ2v) is 6.98. The third-order valence-electron chi connectivity index (χ3n) is 4.21. The molecule has 0 aliphatic carbocycles. The zero-order valence-electron chi connectivity index (χ0n) is 13.4. The van der Waals surface area contributed by atoms with Crippen molar-refractivity contribution in [2.75, 3.05) is 23.3 Å². The van der Waals surface area contributed by atoms with Crippen LogP contribution in [-0.2, 0) is 11.2 Å². The monoisotopic (exact) mass is 390 g/mol. The van der Waals surface area contributed by atoms with Gasteiger partial charge in [-0.3, -0.25) is 4.79 Å². The lowest BCUT2D eigenvalue weighted by atomic mass is 10.1. The van der Waals surface area contributed by atoms with E-state index in [2.05, 4.69) is 26.1 Å². The van der Waals surface area contributed by atoms with Crippen molar-refractivity contribution in [1.82, 2.24) is 0 Å². The molecule has 1 amide bonds. The predicted molar refractivity (Wildman–Crippen MR) is 98.9 cm³/mol. The Morgan fingerprint density at radius 3 is 2.50 bits per heavy atom. The number of carbonyl (C=O) groups is 1. The van der Waals surface area contributed by atoms with Gasteiger partial charge >= 0.3 is 0 Å². The Kier molecular flexibility index (Phi) is 5.51. The number of nitrogens with zero attached hydrogens (tertiary/aromatic N) is 1. The minimum atomic E-state index is -0.338. The Balaban J connectivity index is 1.74. The van der Waals surface area contributed by atoms with Crippen LogP contribution in [0, 0.1) is 5.82 Å². The minimum Gasteiger partial charge on any atom is -0.370 e. The Hall–Kier alpha value is -1.88. The molecule has 0 saturated carbocycles. The minimum absolute atomic E-state index is 0.138. The molecule has 1 fully saturated rings. The highest BCUT2D eigenvalue weighted by atomic mass is 79.9. The first kappa shape index (κ1) is 17.0. The number of anilines is 2. The van der Waals surface area contributed by atoms with Gasteiger partial charge in [-0.25, -0.2) is 4.39 Å². The molecule has 1 saturated heterocycles. The molecular formula is C19H20BrFN2O. The van der Waals surface area contributed by atoms with Crippen molar-refractivity contribution in [1.29, 1.82) is 0 Å². The van der Waals surface area contributed by atoms with Gasteiger partial charge in [-0.2, -0.15) is 0 Å². The van der Waals surface area contributed by atoms with Crippen molar-refractivity contribution in [2.24, 2.45) is 0 Å². The molecule has 0 atom stereocenters. The summed E-state index contributed by atoms with van der Waals surface area (Å²) in [7, 11) is 0. The molecule has 3 nitrogen and oxygen atoms in total. The quantitative estimate of drug-likeness (QED) is 0.815. The van der Waals surface area contributed by atoms with Crippen molar-refractivity contribution in [3.8, 4) is 0 Å². The zero-order chi connectivity index (χ0) is 16.9. The molecule has 1 N–H and O–H groups in total. The number of piperidine rings is 1. The molecule has 5 heteroatoms. The standard InChI is InChI=1S/C19H20BrFN2O/c20-15-6-4-14(5-7-15)12-19(24)22-17-13-16(21)8-9-18(17)23-10-2-1-3-11-23/h4-9,13H,1-3,10-12H2,(H,22,24). The van der Waals surface area contributed by atoms with Gasteiger partial charge in [0.25, 0.3) is 0 Å². The third kappa shape index (κ3) is 4.35. The molecule has 24 heavy (non-hydrogen) atoms. The average Bonchev–Trinajstić information content (AvgIpc) is 2.58. The van der Waals surface area contributed by atoms with E-state index < -0.39 is 0 Å². The maximum atomic E-state index is 13.7. The molecule has 3 rings (SSSR count). The van der Waals surface area contributed by atoms with Gasteiger partial charge in [0.15, 0.2) is 0 Å². The highest BCUT2D eigenvalue weighted by Gasteiger charge is 2.16. The van der Waals surface area contributed by atoms with Crippen LogP contribution in [0.1, 0.15) is 24.8 Å². The topological polar surface area (TPSA) is 32.3 Å². The summed E-state index contributed by atoms with van der Waals surface area (Å²) in [5.74, 6) is -0.476. The van der Waals surface area contributed by atoms with Gasteiger partial charge in [0.1, 0.15) is 5.82 Å². The van der Waals surface area contributed by atoms with Crippen LogP contribution in [-0.4, -0.2) is 19.0 Å². The SMILES string of the molecule is O=C(Cc1ccc(Br)cc1)Nc1cc(F)ccc1N1CCCCC1. The molecule has 0 aromatic heterocycles. The summed E-state index contributed by atoms with van der Waals surface area (Å²) in [6.45, 7) is 1.89. The number of carbonyl (C=O) groups excluding carboxylic acids is 1. The summed E-state index contributed by atoms with van der Waals surface area (Å²) >= 11 is 3.38. The van der Waals surface area contributed by atoms with Crippen molar-refractivity contribution >= 4 is 33.2 Å². The van der Waals surface area contributed by atoms with Gasteiger partial charge in [0, 0.05) is 17.6 Å². The summed E-state index contributed by atoms with van der Waals surface area (Å²) in [4.78, 5) is 14.6. The molecule has 0 spiro atoms. The Morgan fingerprint density at radius 2 is 1.79 bits per heavy atom. The van der Waals surface area contributed by atoms with Gasteiger partial charge in [-0.1, -0.05) is 28.1 Å². The van der Waals surface area contributed by atoms with Crippen LogP contribution in [0.2, 0.25) is 0 Å². The number of rotatable bonds is 4. The largest absolute Gasteiger partial charge is 0.370 e. The van der Waals surface area contributed by atoms with E-state index >= 15 is 0 Å². The number of benzene rings is 2. The van der Waals surface area contributed by atoms with Crippen LogP contribution < -0.4 is 10.2 Å². The lowest BCUT2D eigenvalue weighted by Crippen LogP contribution is -2.30. The summed E-state index contributed by atoms with van der Waals surface area (Å²) < 4.78 is 14.6. The maximum absolute atomic E-state index is 13.7. The fourth-order valence-corrected chi connectivity index (χ4v) is 3.27. The fourth-order valence-electron chi connectivity index (χ4n) is 3.00. The molecule has 2 aromatic carbocycles. The highest BCUT2D eigenvalue weighted by Crippen LogP contribution is 2.29. The van der Waals surface area contributed by atoms with Crippen LogP contribution in [0.5, 0.6) is 0 Å². The van der Waals surface area contributed by atoms with Crippen molar-refractivity contribution < 1.29 is 9.18 Å². The highest BCUT2D eigenvalue weighted by molar-refractivity contribution is 9.10. The number of amides is 1. The smallest absolute Gasteiger partial charge is 0.228 e.